The minimum Gasteiger partial charge on any atom is -0.394 e. The summed E-state index contributed by atoms with van der Waals surface area (Å²) >= 11 is 0. The van der Waals surface area contributed by atoms with Crippen LogP contribution in [0.25, 0.3) is 0 Å². The third-order valence-electron chi connectivity index (χ3n) is 2.83. The van der Waals surface area contributed by atoms with Gasteiger partial charge in [-0.15, -0.1) is 0 Å². The first-order valence-corrected chi connectivity index (χ1v) is 5.71. The summed E-state index contributed by atoms with van der Waals surface area (Å²) in [6, 6.07) is 11.8. The Hall–Kier alpha value is -1.94. The highest BCUT2D eigenvalue weighted by molar-refractivity contribution is 5.48. The standard InChI is InChI=1S/C14H15FN2O/c1-14(10-18,13-8-4-5-9-16-13)17-12-7-3-2-6-11(12)15/h2-9,17-18H,10H2,1H3. The molecule has 0 aliphatic rings. The quantitative estimate of drug-likeness (QED) is 0.871. The number of nitrogens with zero attached hydrogens (tertiary/aromatic N) is 1. The lowest BCUT2D eigenvalue weighted by molar-refractivity contribution is 0.220. The summed E-state index contributed by atoms with van der Waals surface area (Å²) in [5.41, 5.74) is 0.194. The average molecular weight is 246 g/mol. The van der Waals surface area contributed by atoms with E-state index in [4.69, 9.17) is 0 Å². The van der Waals surface area contributed by atoms with Crippen molar-refractivity contribution in [3.63, 3.8) is 0 Å². The molecule has 0 radical (unpaired) electrons. The van der Waals surface area contributed by atoms with Gasteiger partial charge in [0, 0.05) is 6.20 Å². The molecule has 0 fully saturated rings. The molecule has 0 saturated carbocycles. The Bertz CT molecular complexity index is 518. The van der Waals surface area contributed by atoms with E-state index in [2.05, 4.69) is 10.3 Å². The van der Waals surface area contributed by atoms with Crippen LogP contribution >= 0.6 is 0 Å². The number of benzene rings is 1. The summed E-state index contributed by atoms with van der Waals surface area (Å²) in [5, 5.41) is 12.6. The van der Waals surface area contributed by atoms with Crippen molar-refractivity contribution in [3.05, 3.63) is 60.2 Å². The molecule has 2 N–H and O–H groups in total. The second-order valence-corrected chi connectivity index (χ2v) is 4.31. The molecule has 3 nitrogen and oxygen atoms in total. The molecule has 2 aromatic rings. The van der Waals surface area contributed by atoms with Crippen LogP contribution in [0.2, 0.25) is 0 Å². The van der Waals surface area contributed by atoms with E-state index in [1.807, 2.05) is 6.07 Å². The lowest BCUT2D eigenvalue weighted by Gasteiger charge is -2.29. The third-order valence-corrected chi connectivity index (χ3v) is 2.83. The lowest BCUT2D eigenvalue weighted by atomic mass is 9.97. The first-order chi connectivity index (χ1) is 8.65. The summed E-state index contributed by atoms with van der Waals surface area (Å²) in [7, 11) is 0. The fourth-order valence-electron chi connectivity index (χ4n) is 1.73. The third kappa shape index (κ3) is 2.49. The van der Waals surface area contributed by atoms with E-state index >= 15 is 0 Å². The fourth-order valence-corrected chi connectivity index (χ4v) is 1.73. The second kappa shape index (κ2) is 5.14. The molecule has 0 saturated heterocycles. The van der Waals surface area contributed by atoms with Crippen LogP contribution in [0.3, 0.4) is 0 Å². The van der Waals surface area contributed by atoms with Gasteiger partial charge in [-0.05, 0) is 31.2 Å². The number of aliphatic hydroxyl groups excluding tert-OH is 1. The molecule has 0 spiro atoms. The van der Waals surface area contributed by atoms with Crippen LogP contribution < -0.4 is 5.32 Å². The van der Waals surface area contributed by atoms with E-state index in [1.165, 1.54) is 6.07 Å². The zero-order valence-corrected chi connectivity index (χ0v) is 10.1. The highest BCUT2D eigenvalue weighted by Gasteiger charge is 2.27. The highest BCUT2D eigenvalue weighted by Crippen LogP contribution is 2.25. The molecule has 18 heavy (non-hydrogen) atoms. The van der Waals surface area contributed by atoms with Crippen molar-refractivity contribution in [3.8, 4) is 0 Å². The zero-order chi connectivity index (χ0) is 13.0. The van der Waals surface area contributed by atoms with Gasteiger partial charge in [0.1, 0.15) is 11.4 Å². The Balaban J connectivity index is 2.32. The molecular weight excluding hydrogens is 231 g/mol. The fraction of sp³-hybridized carbons (Fsp3) is 0.214. The Morgan fingerprint density at radius 1 is 1.22 bits per heavy atom. The van der Waals surface area contributed by atoms with E-state index in [-0.39, 0.29) is 12.4 Å². The molecule has 0 bridgehead atoms. The molecule has 1 atom stereocenters. The number of anilines is 1. The van der Waals surface area contributed by atoms with Crippen molar-refractivity contribution in [1.82, 2.24) is 4.98 Å². The molecule has 1 aromatic carbocycles. The average Bonchev–Trinajstić information content (AvgIpc) is 2.42. The minimum absolute atomic E-state index is 0.182. The first-order valence-electron chi connectivity index (χ1n) is 5.71. The maximum absolute atomic E-state index is 13.6. The van der Waals surface area contributed by atoms with Crippen molar-refractivity contribution in [1.29, 1.82) is 0 Å². The van der Waals surface area contributed by atoms with Gasteiger partial charge in [-0.2, -0.15) is 0 Å². The molecule has 0 aliphatic heterocycles. The molecule has 4 heteroatoms. The molecule has 0 amide bonds. The highest BCUT2D eigenvalue weighted by atomic mass is 19.1. The van der Waals surface area contributed by atoms with E-state index in [0.29, 0.717) is 11.4 Å². The number of nitrogens with one attached hydrogen (secondary N) is 1. The molecule has 1 unspecified atom stereocenters. The van der Waals surface area contributed by atoms with E-state index in [0.717, 1.165) is 0 Å². The van der Waals surface area contributed by atoms with Gasteiger partial charge in [0.15, 0.2) is 0 Å². The maximum Gasteiger partial charge on any atom is 0.146 e. The maximum atomic E-state index is 13.6. The van der Waals surface area contributed by atoms with Crippen molar-refractivity contribution in [2.24, 2.45) is 0 Å². The van der Waals surface area contributed by atoms with Crippen molar-refractivity contribution < 1.29 is 9.50 Å². The van der Waals surface area contributed by atoms with Crippen molar-refractivity contribution >= 4 is 5.69 Å². The molecule has 94 valence electrons. The van der Waals surface area contributed by atoms with Gasteiger partial charge >= 0.3 is 0 Å². The summed E-state index contributed by atoms with van der Waals surface area (Å²) in [5.74, 6) is -0.354. The van der Waals surface area contributed by atoms with Gasteiger partial charge in [0.05, 0.1) is 18.0 Å². The number of halogens is 1. The van der Waals surface area contributed by atoms with E-state index in [9.17, 15) is 9.50 Å². The van der Waals surface area contributed by atoms with Crippen LogP contribution in [0, 0.1) is 5.82 Å². The van der Waals surface area contributed by atoms with E-state index < -0.39 is 5.54 Å². The van der Waals surface area contributed by atoms with Crippen LogP contribution in [0.1, 0.15) is 12.6 Å². The van der Waals surface area contributed by atoms with Gasteiger partial charge in [0.2, 0.25) is 0 Å². The number of hydrogen-bond donors (Lipinski definition) is 2. The van der Waals surface area contributed by atoms with E-state index in [1.54, 1.807) is 43.5 Å². The zero-order valence-electron chi connectivity index (χ0n) is 10.1. The SMILES string of the molecule is CC(CO)(Nc1ccccc1F)c1ccccn1. The predicted molar refractivity (Wildman–Crippen MR) is 68.7 cm³/mol. The van der Waals surface area contributed by atoms with Crippen LogP contribution in [0.5, 0.6) is 0 Å². The van der Waals surface area contributed by atoms with Crippen molar-refractivity contribution in [2.75, 3.05) is 11.9 Å². The first kappa shape index (κ1) is 12.5. The number of para-hydroxylation sites is 1. The summed E-state index contributed by atoms with van der Waals surface area (Å²) in [6.07, 6.45) is 1.65. The summed E-state index contributed by atoms with van der Waals surface area (Å²) in [4.78, 5) is 4.20. The number of rotatable bonds is 4. The Morgan fingerprint density at radius 2 is 1.94 bits per heavy atom. The monoisotopic (exact) mass is 246 g/mol. The summed E-state index contributed by atoms with van der Waals surface area (Å²) < 4.78 is 13.6. The predicted octanol–water partition coefficient (Wildman–Crippen LogP) is 2.54. The Labute approximate surface area is 105 Å². The summed E-state index contributed by atoms with van der Waals surface area (Å²) in [6.45, 7) is 1.60. The molecule has 0 aliphatic carbocycles. The molecular formula is C14H15FN2O. The van der Waals surface area contributed by atoms with Gasteiger partial charge in [-0.1, -0.05) is 18.2 Å². The van der Waals surface area contributed by atoms with Crippen LogP contribution in [0.4, 0.5) is 10.1 Å². The van der Waals surface area contributed by atoms with Gasteiger partial charge in [0.25, 0.3) is 0 Å². The molecule has 1 heterocycles. The van der Waals surface area contributed by atoms with Gasteiger partial charge in [-0.3, -0.25) is 4.98 Å². The van der Waals surface area contributed by atoms with Gasteiger partial charge in [-0.25, -0.2) is 4.39 Å². The normalized spacial score (nSPS) is 13.9. The molecule has 2 rings (SSSR count). The van der Waals surface area contributed by atoms with Crippen molar-refractivity contribution in [2.45, 2.75) is 12.5 Å². The smallest absolute Gasteiger partial charge is 0.146 e. The lowest BCUT2D eigenvalue weighted by Crippen LogP contribution is -2.37. The Morgan fingerprint density at radius 3 is 2.56 bits per heavy atom. The second-order valence-electron chi connectivity index (χ2n) is 4.31. The topological polar surface area (TPSA) is 45.1 Å². The number of pyridine rings is 1. The van der Waals surface area contributed by atoms with Crippen LogP contribution in [-0.2, 0) is 5.54 Å². The largest absolute Gasteiger partial charge is 0.394 e. The van der Waals surface area contributed by atoms with Gasteiger partial charge < -0.3 is 10.4 Å². The Kier molecular flexibility index (Phi) is 3.58. The minimum atomic E-state index is -0.816. The van der Waals surface area contributed by atoms with Crippen LogP contribution in [-0.4, -0.2) is 16.7 Å². The molecule has 1 aromatic heterocycles. The number of hydrogen-bond acceptors (Lipinski definition) is 3. The van der Waals surface area contributed by atoms with Crippen LogP contribution in [0.15, 0.2) is 48.7 Å². The number of aromatic nitrogens is 1. The number of aliphatic hydroxyl groups is 1.